The maximum absolute atomic E-state index is 10.7. The van der Waals surface area contributed by atoms with Gasteiger partial charge < -0.3 is 9.84 Å². The van der Waals surface area contributed by atoms with Crippen LogP contribution < -0.4 is 0 Å². The average molecular weight is 200 g/mol. The highest BCUT2D eigenvalue weighted by Crippen LogP contribution is 2.08. The van der Waals surface area contributed by atoms with E-state index in [1.54, 1.807) is 6.08 Å². The lowest BCUT2D eigenvalue weighted by Crippen LogP contribution is -2.01. The molecular weight excluding hydrogens is 180 g/mol. The third kappa shape index (κ3) is 7.80. The molecule has 0 rings (SSSR count). The zero-order chi connectivity index (χ0) is 10.8. The molecule has 1 atom stereocenters. The Morgan fingerprint density at radius 3 is 2.64 bits per heavy atom. The molecule has 0 aromatic heterocycles. The molecule has 0 saturated heterocycles. The van der Waals surface area contributed by atoms with Crippen molar-refractivity contribution in [1.29, 1.82) is 0 Å². The highest BCUT2D eigenvalue weighted by molar-refractivity contribution is 5.68. The Morgan fingerprint density at radius 1 is 1.43 bits per heavy atom. The average Bonchev–Trinajstić information content (AvgIpc) is 2.22. The molecule has 0 aromatic rings. The van der Waals surface area contributed by atoms with Crippen LogP contribution in [0.4, 0.5) is 0 Å². The standard InChI is InChI=1S/C11H20O3/c1-3-10(12)8-6-4-5-7-9-11(13)14-2/h3,10,12H,1,4-9H2,2H3. The van der Waals surface area contributed by atoms with Crippen molar-refractivity contribution < 1.29 is 14.6 Å². The van der Waals surface area contributed by atoms with Crippen molar-refractivity contribution in [1.82, 2.24) is 0 Å². The predicted octanol–water partition coefficient (Wildman–Crippen LogP) is 2.05. The van der Waals surface area contributed by atoms with E-state index in [4.69, 9.17) is 5.11 Å². The maximum atomic E-state index is 10.7. The summed E-state index contributed by atoms with van der Waals surface area (Å²) in [5, 5.41) is 9.15. The summed E-state index contributed by atoms with van der Waals surface area (Å²) in [4.78, 5) is 10.7. The van der Waals surface area contributed by atoms with Crippen molar-refractivity contribution in [2.24, 2.45) is 0 Å². The Bertz CT molecular complexity index is 166. The van der Waals surface area contributed by atoms with E-state index in [0.717, 1.165) is 32.1 Å². The van der Waals surface area contributed by atoms with Crippen molar-refractivity contribution in [3.05, 3.63) is 12.7 Å². The fourth-order valence-corrected chi connectivity index (χ4v) is 1.20. The third-order valence-corrected chi connectivity index (χ3v) is 2.13. The summed E-state index contributed by atoms with van der Waals surface area (Å²) < 4.78 is 4.52. The normalized spacial score (nSPS) is 12.1. The number of ether oxygens (including phenoxy) is 1. The molecule has 0 amide bonds. The highest BCUT2D eigenvalue weighted by atomic mass is 16.5. The quantitative estimate of drug-likeness (QED) is 0.370. The molecule has 0 bridgehead atoms. The van der Waals surface area contributed by atoms with Crippen molar-refractivity contribution in [3.63, 3.8) is 0 Å². The SMILES string of the molecule is C=CC(O)CCCCCCC(=O)OC. The van der Waals surface area contributed by atoms with Crippen LogP contribution in [-0.2, 0) is 9.53 Å². The summed E-state index contributed by atoms with van der Waals surface area (Å²) in [6.45, 7) is 3.50. The van der Waals surface area contributed by atoms with Gasteiger partial charge >= 0.3 is 5.97 Å². The molecule has 1 unspecified atom stereocenters. The van der Waals surface area contributed by atoms with Gasteiger partial charge in [-0.1, -0.05) is 25.3 Å². The number of methoxy groups -OCH3 is 1. The summed E-state index contributed by atoms with van der Waals surface area (Å²) in [7, 11) is 1.41. The number of carbonyl (C=O) groups is 1. The number of aliphatic hydroxyl groups excluding tert-OH is 1. The summed E-state index contributed by atoms with van der Waals surface area (Å²) in [6.07, 6.45) is 6.35. The van der Waals surface area contributed by atoms with E-state index in [1.807, 2.05) is 0 Å². The van der Waals surface area contributed by atoms with Gasteiger partial charge in [0.2, 0.25) is 0 Å². The first-order valence-electron chi connectivity index (χ1n) is 5.08. The summed E-state index contributed by atoms with van der Waals surface area (Å²) in [6, 6.07) is 0. The van der Waals surface area contributed by atoms with Gasteiger partial charge in [-0.15, -0.1) is 6.58 Å². The number of unbranched alkanes of at least 4 members (excludes halogenated alkanes) is 3. The molecule has 0 saturated carbocycles. The lowest BCUT2D eigenvalue weighted by molar-refractivity contribution is -0.140. The van der Waals surface area contributed by atoms with Gasteiger partial charge in [-0.25, -0.2) is 0 Å². The molecular formula is C11H20O3. The van der Waals surface area contributed by atoms with Gasteiger partial charge in [-0.2, -0.15) is 0 Å². The molecule has 1 N–H and O–H groups in total. The maximum Gasteiger partial charge on any atom is 0.305 e. The second-order valence-electron chi connectivity index (χ2n) is 3.33. The molecule has 0 aliphatic rings. The molecule has 0 fully saturated rings. The fourth-order valence-electron chi connectivity index (χ4n) is 1.20. The van der Waals surface area contributed by atoms with E-state index in [0.29, 0.717) is 6.42 Å². The van der Waals surface area contributed by atoms with Crippen molar-refractivity contribution in [2.75, 3.05) is 7.11 Å². The Labute approximate surface area is 85.8 Å². The van der Waals surface area contributed by atoms with Gasteiger partial charge in [0.05, 0.1) is 13.2 Å². The number of aliphatic hydroxyl groups is 1. The van der Waals surface area contributed by atoms with E-state index < -0.39 is 0 Å². The molecule has 82 valence electrons. The minimum absolute atomic E-state index is 0.142. The number of hydrogen-bond donors (Lipinski definition) is 1. The van der Waals surface area contributed by atoms with E-state index >= 15 is 0 Å². The lowest BCUT2D eigenvalue weighted by Gasteiger charge is -2.04. The second-order valence-corrected chi connectivity index (χ2v) is 3.33. The third-order valence-electron chi connectivity index (χ3n) is 2.13. The first-order chi connectivity index (χ1) is 6.70. The van der Waals surface area contributed by atoms with Crippen LogP contribution in [0.3, 0.4) is 0 Å². The zero-order valence-corrected chi connectivity index (χ0v) is 8.87. The van der Waals surface area contributed by atoms with Crippen molar-refractivity contribution in [3.8, 4) is 0 Å². The fraction of sp³-hybridized carbons (Fsp3) is 0.727. The highest BCUT2D eigenvalue weighted by Gasteiger charge is 2.00. The van der Waals surface area contributed by atoms with Crippen LogP contribution in [0.2, 0.25) is 0 Å². The van der Waals surface area contributed by atoms with Crippen LogP contribution in [0.25, 0.3) is 0 Å². The van der Waals surface area contributed by atoms with Gasteiger partial charge in [0, 0.05) is 6.42 Å². The molecule has 0 aromatic carbocycles. The largest absolute Gasteiger partial charge is 0.469 e. The van der Waals surface area contributed by atoms with E-state index in [2.05, 4.69) is 11.3 Å². The second kappa shape index (κ2) is 8.75. The molecule has 0 aliphatic heterocycles. The first-order valence-corrected chi connectivity index (χ1v) is 5.08. The Hall–Kier alpha value is -0.830. The summed E-state index contributed by atoms with van der Waals surface area (Å²) >= 11 is 0. The molecule has 0 heterocycles. The van der Waals surface area contributed by atoms with E-state index in [1.165, 1.54) is 7.11 Å². The number of hydrogen-bond acceptors (Lipinski definition) is 3. The topological polar surface area (TPSA) is 46.5 Å². The van der Waals surface area contributed by atoms with Crippen LogP contribution in [-0.4, -0.2) is 24.3 Å². The zero-order valence-electron chi connectivity index (χ0n) is 8.87. The molecule has 0 spiro atoms. The Morgan fingerprint density at radius 2 is 2.07 bits per heavy atom. The molecule has 14 heavy (non-hydrogen) atoms. The minimum atomic E-state index is -0.379. The molecule has 3 nitrogen and oxygen atoms in total. The van der Waals surface area contributed by atoms with Crippen molar-refractivity contribution >= 4 is 5.97 Å². The van der Waals surface area contributed by atoms with Gasteiger partial charge in [0.1, 0.15) is 0 Å². The minimum Gasteiger partial charge on any atom is -0.469 e. The van der Waals surface area contributed by atoms with E-state index in [9.17, 15) is 4.79 Å². The van der Waals surface area contributed by atoms with E-state index in [-0.39, 0.29) is 12.1 Å². The number of esters is 1. The van der Waals surface area contributed by atoms with Crippen LogP contribution >= 0.6 is 0 Å². The Balaban J connectivity index is 3.14. The first kappa shape index (κ1) is 13.2. The lowest BCUT2D eigenvalue weighted by atomic mass is 10.1. The van der Waals surface area contributed by atoms with Crippen LogP contribution in [0.1, 0.15) is 38.5 Å². The van der Waals surface area contributed by atoms with Gasteiger partial charge in [0.15, 0.2) is 0 Å². The van der Waals surface area contributed by atoms with Gasteiger partial charge in [-0.3, -0.25) is 4.79 Å². The van der Waals surface area contributed by atoms with Crippen LogP contribution in [0, 0.1) is 0 Å². The van der Waals surface area contributed by atoms with Crippen LogP contribution in [0.15, 0.2) is 12.7 Å². The monoisotopic (exact) mass is 200 g/mol. The predicted molar refractivity (Wildman–Crippen MR) is 55.9 cm³/mol. The summed E-state index contributed by atoms with van der Waals surface area (Å²) in [5.41, 5.74) is 0. The van der Waals surface area contributed by atoms with Gasteiger partial charge in [0.25, 0.3) is 0 Å². The molecule has 3 heteroatoms. The van der Waals surface area contributed by atoms with Crippen molar-refractivity contribution in [2.45, 2.75) is 44.6 Å². The summed E-state index contributed by atoms with van der Waals surface area (Å²) in [5.74, 6) is -0.142. The van der Waals surface area contributed by atoms with Crippen LogP contribution in [0.5, 0.6) is 0 Å². The Kier molecular flexibility index (Phi) is 8.24. The number of rotatable bonds is 8. The molecule has 0 radical (unpaired) electrons. The molecule has 0 aliphatic carbocycles. The smallest absolute Gasteiger partial charge is 0.305 e. The van der Waals surface area contributed by atoms with Gasteiger partial charge in [-0.05, 0) is 12.8 Å². The number of carbonyl (C=O) groups excluding carboxylic acids is 1.